The van der Waals surface area contributed by atoms with Crippen LogP contribution in [0.2, 0.25) is 0 Å². The first kappa shape index (κ1) is 19.7. The van der Waals surface area contributed by atoms with Crippen LogP contribution in [0.5, 0.6) is 0 Å². The van der Waals surface area contributed by atoms with Gasteiger partial charge in [0.1, 0.15) is 0 Å². The zero-order valence-electron chi connectivity index (χ0n) is 18.0. The summed E-state index contributed by atoms with van der Waals surface area (Å²) in [5.74, 6) is 0. The molecule has 0 radical (unpaired) electrons. The molecule has 0 aromatic heterocycles. The second kappa shape index (κ2) is 8.53. The second-order valence-electron chi connectivity index (χ2n) is 7.90. The van der Waals surface area contributed by atoms with Crippen LogP contribution >= 0.6 is 11.8 Å². The highest BCUT2D eigenvalue weighted by molar-refractivity contribution is 7.99. The van der Waals surface area contributed by atoms with Gasteiger partial charge >= 0.3 is 0 Å². The van der Waals surface area contributed by atoms with Crippen molar-refractivity contribution in [2.45, 2.75) is 9.79 Å². The topological polar surface area (TPSA) is 6.48 Å². The smallest absolute Gasteiger partial charge is 0.0601 e. The summed E-state index contributed by atoms with van der Waals surface area (Å²) in [4.78, 5) is 7.20. The monoisotopic (exact) mass is 442 g/mol. The molecule has 33 heavy (non-hydrogen) atoms. The van der Waals surface area contributed by atoms with Crippen LogP contribution in [0.4, 0.5) is 34.1 Å². The van der Waals surface area contributed by atoms with Gasteiger partial charge in [-0.25, -0.2) is 0 Å². The lowest BCUT2D eigenvalue weighted by molar-refractivity contribution is 1.16. The molecule has 0 aliphatic carbocycles. The SMILES string of the molecule is c1ccc(N(c2ccccc2)c2ccc(N3c4ccccc4Sc4ccccc43)cc2)cc1. The molecule has 0 unspecified atom stereocenters. The van der Waals surface area contributed by atoms with Crippen molar-refractivity contribution in [2.24, 2.45) is 0 Å². The molecule has 5 aromatic carbocycles. The first-order valence-electron chi connectivity index (χ1n) is 11.0. The summed E-state index contributed by atoms with van der Waals surface area (Å²) >= 11 is 1.83. The largest absolute Gasteiger partial charge is 0.311 e. The lowest BCUT2D eigenvalue weighted by Gasteiger charge is -2.33. The van der Waals surface area contributed by atoms with Gasteiger partial charge in [-0.3, -0.25) is 0 Å². The minimum absolute atomic E-state index is 1.13. The van der Waals surface area contributed by atoms with Crippen molar-refractivity contribution in [3.05, 3.63) is 133 Å². The van der Waals surface area contributed by atoms with E-state index < -0.39 is 0 Å². The van der Waals surface area contributed by atoms with Gasteiger partial charge in [-0.05, 0) is 72.8 Å². The summed E-state index contributed by atoms with van der Waals surface area (Å²) in [7, 11) is 0. The van der Waals surface area contributed by atoms with Crippen molar-refractivity contribution >= 4 is 45.9 Å². The van der Waals surface area contributed by atoms with Crippen LogP contribution in [0.25, 0.3) is 0 Å². The van der Waals surface area contributed by atoms with Crippen LogP contribution in [-0.4, -0.2) is 0 Å². The fourth-order valence-corrected chi connectivity index (χ4v) is 5.39. The number of nitrogens with zero attached hydrogens (tertiary/aromatic N) is 2. The van der Waals surface area contributed by atoms with Crippen LogP contribution < -0.4 is 9.80 Å². The van der Waals surface area contributed by atoms with Crippen molar-refractivity contribution < 1.29 is 0 Å². The molecule has 5 aromatic rings. The Morgan fingerprint density at radius 3 is 1.36 bits per heavy atom. The number of para-hydroxylation sites is 4. The number of hydrogen-bond donors (Lipinski definition) is 0. The first-order valence-corrected chi connectivity index (χ1v) is 11.9. The molecule has 1 aliphatic rings. The van der Waals surface area contributed by atoms with E-state index in [1.54, 1.807) is 0 Å². The van der Waals surface area contributed by atoms with Gasteiger partial charge in [0.15, 0.2) is 0 Å². The Morgan fingerprint density at radius 2 is 0.848 bits per heavy atom. The summed E-state index contributed by atoms with van der Waals surface area (Å²) in [6.07, 6.45) is 0. The molecule has 0 fully saturated rings. The van der Waals surface area contributed by atoms with Crippen molar-refractivity contribution in [2.75, 3.05) is 9.80 Å². The summed E-state index contributed by atoms with van der Waals surface area (Å²) in [5.41, 5.74) is 7.00. The Morgan fingerprint density at radius 1 is 0.424 bits per heavy atom. The highest BCUT2D eigenvalue weighted by Gasteiger charge is 2.24. The Balaban J connectivity index is 1.44. The summed E-state index contributed by atoms with van der Waals surface area (Å²) in [5, 5.41) is 0. The molecule has 2 nitrogen and oxygen atoms in total. The molecular formula is C30H22N2S. The van der Waals surface area contributed by atoms with E-state index >= 15 is 0 Å². The molecule has 6 rings (SSSR count). The normalized spacial score (nSPS) is 12.1. The molecule has 158 valence electrons. The van der Waals surface area contributed by atoms with Crippen molar-refractivity contribution in [3.63, 3.8) is 0 Å². The minimum atomic E-state index is 1.13. The van der Waals surface area contributed by atoms with E-state index in [1.165, 1.54) is 21.2 Å². The molecule has 0 spiro atoms. The van der Waals surface area contributed by atoms with Crippen LogP contribution in [0.3, 0.4) is 0 Å². The second-order valence-corrected chi connectivity index (χ2v) is 8.98. The fraction of sp³-hybridized carbons (Fsp3) is 0. The van der Waals surface area contributed by atoms with Gasteiger partial charge in [0.25, 0.3) is 0 Å². The number of hydrogen-bond acceptors (Lipinski definition) is 3. The number of fused-ring (bicyclic) bond motifs is 2. The third-order valence-electron chi connectivity index (χ3n) is 5.83. The van der Waals surface area contributed by atoms with Gasteiger partial charge in [-0.1, -0.05) is 72.4 Å². The standard InChI is InChI=1S/C30H22N2S/c1-3-11-23(12-4-1)31(24-13-5-2-6-14-24)25-19-21-26(22-20-25)32-27-15-7-9-17-29(27)33-30-18-10-8-16-28(30)32/h1-22H. The number of anilines is 6. The Labute approximate surface area is 198 Å². The molecule has 0 saturated heterocycles. The van der Waals surface area contributed by atoms with E-state index in [-0.39, 0.29) is 0 Å². The molecular weight excluding hydrogens is 420 g/mol. The minimum Gasteiger partial charge on any atom is -0.311 e. The number of benzene rings is 5. The molecule has 1 heterocycles. The third kappa shape index (κ3) is 3.67. The maximum Gasteiger partial charge on any atom is 0.0601 e. The van der Waals surface area contributed by atoms with Gasteiger partial charge in [0.05, 0.1) is 11.4 Å². The molecule has 0 bridgehead atoms. The van der Waals surface area contributed by atoms with E-state index in [9.17, 15) is 0 Å². The molecule has 0 amide bonds. The van der Waals surface area contributed by atoms with E-state index in [0.717, 1.165) is 22.7 Å². The van der Waals surface area contributed by atoms with Gasteiger partial charge in [0, 0.05) is 32.5 Å². The maximum atomic E-state index is 2.36. The highest BCUT2D eigenvalue weighted by Crippen LogP contribution is 2.51. The molecule has 0 atom stereocenters. The van der Waals surface area contributed by atoms with Gasteiger partial charge in [0.2, 0.25) is 0 Å². The summed E-state index contributed by atoms with van der Waals surface area (Å²) < 4.78 is 0. The van der Waals surface area contributed by atoms with E-state index in [4.69, 9.17) is 0 Å². The van der Waals surface area contributed by atoms with Crippen LogP contribution in [0.15, 0.2) is 143 Å². The third-order valence-corrected chi connectivity index (χ3v) is 6.96. The van der Waals surface area contributed by atoms with E-state index in [0.29, 0.717) is 0 Å². The first-order chi connectivity index (χ1) is 16.4. The summed E-state index contributed by atoms with van der Waals surface area (Å²) in [6, 6.07) is 47.1. The van der Waals surface area contributed by atoms with E-state index in [2.05, 4.69) is 143 Å². The zero-order chi connectivity index (χ0) is 22.0. The Hall–Kier alpha value is -3.95. The molecule has 1 aliphatic heterocycles. The van der Waals surface area contributed by atoms with Gasteiger partial charge < -0.3 is 9.80 Å². The fourth-order valence-electron chi connectivity index (χ4n) is 4.33. The van der Waals surface area contributed by atoms with Crippen LogP contribution in [0, 0.1) is 0 Å². The Kier molecular flexibility index (Phi) is 5.10. The lowest BCUT2D eigenvalue weighted by Crippen LogP contribution is -2.15. The molecule has 0 N–H and O–H groups in total. The maximum absolute atomic E-state index is 2.36. The average molecular weight is 443 g/mol. The van der Waals surface area contributed by atoms with Crippen molar-refractivity contribution in [1.82, 2.24) is 0 Å². The number of rotatable bonds is 4. The van der Waals surface area contributed by atoms with Crippen LogP contribution in [0.1, 0.15) is 0 Å². The predicted octanol–water partition coefficient (Wildman–Crippen LogP) is 9.09. The Bertz CT molecular complexity index is 1300. The lowest BCUT2D eigenvalue weighted by atomic mass is 10.1. The summed E-state index contributed by atoms with van der Waals surface area (Å²) in [6.45, 7) is 0. The van der Waals surface area contributed by atoms with Crippen molar-refractivity contribution in [1.29, 1.82) is 0 Å². The predicted molar refractivity (Wildman–Crippen MR) is 140 cm³/mol. The highest BCUT2D eigenvalue weighted by atomic mass is 32.2. The van der Waals surface area contributed by atoms with E-state index in [1.807, 2.05) is 11.8 Å². The quantitative estimate of drug-likeness (QED) is 0.269. The zero-order valence-corrected chi connectivity index (χ0v) is 18.8. The molecule has 0 saturated carbocycles. The average Bonchev–Trinajstić information content (AvgIpc) is 2.89. The van der Waals surface area contributed by atoms with Crippen LogP contribution in [-0.2, 0) is 0 Å². The van der Waals surface area contributed by atoms with Gasteiger partial charge in [-0.2, -0.15) is 0 Å². The molecule has 3 heteroatoms. The van der Waals surface area contributed by atoms with Crippen molar-refractivity contribution in [3.8, 4) is 0 Å². The van der Waals surface area contributed by atoms with Gasteiger partial charge in [-0.15, -0.1) is 0 Å².